The summed E-state index contributed by atoms with van der Waals surface area (Å²) < 4.78 is 17.5. The molecular weight excluding hydrogens is 512 g/mol. The Hall–Kier alpha value is -1.20. The minimum atomic E-state index is -0.358. The molecule has 0 unspecified atom stereocenters. The number of carbonyl (C=O) groups excluding carboxylic acids is 2. The van der Waals surface area contributed by atoms with Gasteiger partial charge in [0.25, 0.3) is 0 Å². The van der Waals surface area contributed by atoms with Gasteiger partial charge in [0.2, 0.25) is 0 Å². The van der Waals surface area contributed by atoms with Gasteiger partial charge >= 0.3 is 5.97 Å². The molecule has 1 aliphatic heterocycles. The van der Waals surface area contributed by atoms with Crippen LogP contribution in [0.15, 0.2) is 12.2 Å². The second kappa shape index (κ2) is 9.91. The van der Waals surface area contributed by atoms with Gasteiger partial charge in [0.15, 0.2) is 6.29 Å². The first kappa shape index (κ1) is 29.9. The first-order chi connectivity index (χ1) is 19.2. The van der Waals surface area contributed by atoms with Crippen molar-refractivity contribution in [2.45, 2.75) is 131 Å². The molecule has 0 N–H and O–H groups in total. The van der Waals surface area contributed by atoms with E-state index in [0.29, 0.717) is 55.0 Å². The predicted molar refractivity (Wildman–Crippen MR) is 160 cm³/mol. The lowest BCUT2D eigenvalue weighted by molar-refractivity contribution is -0.249. The summed E-state index contributed by atoms with van der Waals surface area (Å²) in [6.07, 6.45) is 11.3. The maximum atomic E-state index is 14.3. The van der Waals surface area contributed by atoms with Crippen LogP contribution < -0.4 is 0 Å². The molecule has 0 aromatic rings. The van der Waals surface area contributed by atoms with Crippen molar-refractivity contribution in [2.75, 3.05) is 13.2 Å². The summed E-state index contributed by atoms with van der Waals surface area (Å²) in [6.45, 7) is 22.1. The number of esters is 1. The Morgan fingerprint density at radius 2 is 1.51 bits per heavy atom. The third-order valence-electron chi connectivity index (χ3n) is 14.9. The Labute approximate surface area is 248 Å². The second-order valence-corrected chi connectivity index (χ2v) is 16.6. The molecule has 41 heavy (non-hydrogen) atoms. The van der Waals surface area contributed by atoms with Crippen LogP contribution >= 0.6 is 0 Å². The summed E-state index contributed by atoms with van der Waals surface area (Å²) in [6, 6.07) is 0. The third kappa shape index (κ3) is 4.13. The van der Waals surface area contributed by atoms with Gasteiger partial charge in [-0.2, -0.15) is 0 Å². The summed E-state index contributed by atoms with van der Waals surface area (Å²) >= 11 is 0. The summed E-state index contributed by atoms with van der Waals surface area (Å²) in [5.41, 5.74) is 1.68. The molecule has 5 aliphatic carbocycles. The monoisotopic (exact) mass is 568 g/mol. The van der Waals surface area contributed by atoms with Gasteiger partial charge in [-0.3, -0.25) is 9.59 Å². The highest BCUT2D eigenvalue weighted by Gasteiger charge is 2.72. The van der Waals surface area contributed by atoms with Crippen LogP contribution in [0.3, 0.4) is 0 Å². The Bertz CT molecular complexity index is 1090. The molecule has 0 amide bonds. The topological polar surface area (TPSA) is 61.8 Å². The maximum absolute atomic E-state index is 14.3. The molecule has 6 rings (SSSR count). The molecule has 6 fully saturated rings. The Morgan fingerprint density at radius 3 is 2.17 bits per heavy atom. The van der Waals surface area contributed by atoms with Gasteiger partial charge in [0.1, 0.15) is 11.9 Å². The van der Waals surface area contributed by atoms with Crippen molar-refractivity contribution in [3.8, 4) is 0 Å². The average molecular weight is 569 g/mol. The van der Waals surface area contributed by atoms with Gasteiger partial charge in [0, 0.05) is 17.8 Å². The second-order valence-electron chi connectivity index (χ2n) is 16.6. The zero-order valence-electron chi connectivity index (χ0n) is 27.0. The first-order valence-corrected chi connectivity index (χ1v) is 16.8. The molecule has 0 bridgehead atoms. The van der Waals surface area contributed by atoms with Crippen molar-refractivity contribution in [1.82, 2.24) is 0 Å². The van der Waals surface area contributed by atoms with Gasteiger partial charge in [-0.05, 0) is 117 Å². The summed E-state index contributed by atoms with van der Waals surface area (Å²) in [5, 5.41) is 0. The number of fused-ring (bicyclic) bond motifs is 7. The van der Waals surface area contributed by atoms with Crippen LogP contribution in [0.2, 0.25) is 0 Å². The molecule has 1 heterocycles. The van der Waals surface area contributed by atoms with Crippen LogP contribution in [-0.4, -0.2) is 37.4 Å². The van der Waals surface area contributed by atoms with Crippen LogP contribution in [0, 0.1) is 56.7 Å². The zero-order chi connectivity index (χ0) is 29.6. The van der Waals surface area contributed by atoms with Crippen molar-refractivity contribution in [3.05, 3.63) is 12.2 Å². The van der Waals surface area contributed by atoms with Crippen molar-refractivity contribution in [2.24, 2.45) is 56.7 Å². The van der Waals surface area contributed by atoms with E-state index < -0.39 is 0 Å². The summed E-state index contributed by atoms with van der Waals surface area (Å²) in [7, 11) is 0. The molecule has 5 heteroatoms. The van der Waals surface area contributed by atoms with E-state index in [1.165, 1.54) is 31.3 Å². The number of carbonyl (C=O) groups is 2. The molecule has 5 saturated carbocycles. The molecule has 1 saturated heterocycles. The smallest absolute Gasteiger partial charge is 0.302 e. The molecular formula is C36H56O5. The maximum Gasteiger partial charge on any atom is 0.302 e. The molecule has 0 spiro atoms. The zero-order valence-corrected chi connectivity index (χ0v) is 27.0. The lowest BCUT2D eigenvalue weighted by Crippen LogP contribution is -2.67. The molecule has 5 nitrogen and oxygen atoms in total. The minimum Gasteiger partial charge on any atom is -0.462 e. The van der Waals surface area contributed by atoms with Crippen molar-refractivity contribution < 1.29 is 23.8 Å². The van der Waals surface area contributed by atoms with Gasteiger partial charge in [-0.15, -0.1) is 0 Å². The number of Topliss-reactive ketones (excluding diaryl/α,β-unsaturated/α-hetero) is 1. The van der Waals surface area contributed by atoms with E-state index in [9.17, 15) is 9.59 Å². The van der Waals surface area contributed by atoms with Gasteiger partial charge in [-0.25, -0.2) is 0 Å². The predicted octanol–water partition coefficient (Wildman–Crippen LogP) is 7.91. The molecule has 0 radical (unpaired) electrons. The lowest BCUT2D eigenvalue weighted by Gasteiger charge is -2.73. The molecule has 0 aromatic heterocycles. The number of allylic oxidation sites excluding steroid dienone is 1. The van der Waals surface area contributed by atoms with Crippen LogP contribution in [0.5, 0.6) is 0 Å². The first-order valence-electron chi connectivity index (χ1n) is 16.8. The standard InChI is InChI=1S/C36H56O5/c1-22(2)24-11-16-36(28(38)21-30-39-19-20-40-30)18-17-34(7)25(31(24)36)9-10-27-33(6)14-13-29(41-23(3)37)32(4,5)26(33)12-15-35(27,34)8/h24-27,29-31H,1,9-21H2,2-8H3/t24-,25+,26-,27+,29-,31+,33-,34+,35+,36+/m0/s1. The highest BCUT2D eigenvalue weighted by atomic mass is 16.7. The normalized spacial score (nSPS) is 48.9. The molecule has 10 atom stereocenters. The van der Waals surface area contributed by atoms with Crippen LogP contribution in [0.1, 0.15) is 119 Å². The Balaban J connectivity index is 1.33. The number of ether oxygens (including phenoxy) is 3. The molecule has 230 valence electrons. The summed E-state index contributed by atoms with van der Waals surface area (Å²) in [4.78, 5) is 26.2. The van der Waals surface area contributed by atoms with Gasteiger partial charge in [-0.1, -0.05) is 46.8 Å². The van der Waals surface area contributed by atoms with Gasteiger partial charge in [0.05, 0.1) is 19.6 Å². The Morgan fingerprint density at radius 1 is 0.805 bits per heavy atom. The van der Waals surface area contributed by atoms with Crippen LogP contribution in [0.4, 0.5) is 0 Å². The van der Waals surface area contributed by atoms with Crippen molar-refractivity contribution >= 4 is 11.8 Å². The van der Waals surface area contributed by atoms with E-state index in [1.54, 1.807) is 6.92 Å². The fourth-order valence-electron chi connectivity index (χ4n) is 12.9. The number of rotatable bonds is 5. The minimum absolute atomic E-state index is 0.0123. The van der Waals surface area contributed by atoms with Gasteiger partial charge < -0.3 is 14.2 Å². The van der Waals surface area contributed by atoms with E-state index in [-0.39, 0.29) is 45.4 Å². The molecule has 6 aliphatic rings. The highest BCUT2D eigenvalue weighted by Crippen LogP contribution is 2.77. The lowest BCUT2D eigenvalue weighted by atomic mass is 9.32. The van der Waals surface area contributed by atoms with E-state index in [4.69, 9.17) is 14.2 Å². The van der Waals surface area contributed by atoms with Crippen molar-refractivity contribution in [3.63, 3.8) is 0 Å². The highest BCUT2D eigenvalue weighted by molar-refractivity contribution is 5.86. The fraction of sp³-hybridized carbons (Fsp3) is 0.889. The average Bonchev–Trinajstić information content (AvgIpc) is 3.54. The Kier molecular flexibility index (Phi) is 7.21. The summed E-state index contributed by atoms with van der Waals surface area (Å²) in [5.74, 6) is 2.81. The number of hydrogen-bond donors (Lipinski definition) is 0. The number of ketones is 1. The quantitative estimate of drug-likeness (QED) is 0.249. The van der Waals surface area contributed by atoms with Crippen molar-refractivity contribution in [1.29, 1.82) is 0 Å². The number of hydrogen-bond acceptors (Lipinski definition) is 5. The van der Waals surface area contributed by atoms with E-state index >= 15 is 0 Å². The largest absolute Gasteiger partial charge is 0.462 e. The van der Waals surface area contributed by atoms with E-state index in [1.807, 2.05) is 0 Å². The third-order valence-corrected chi connectivity index (χ3v) is 14.9. The van der Waals surface area contributed by atoms with E-state index in [2.05, 4.69) is 48.1 Å². The molecule has 0 aromatic carbocycles. The van der Waals surface area contributed by atoms with Crippen LogP contribution in [-0.2, 0) is 23.8 Å². The fourth-order valence-corrected chi connectivity index (χ4v) is 12.9. The van der Waals surface area contributed by atoms with Crippen LogP contribution in [0.25, 0.3) is 0 Å². The SMILES string of the molecule is C=C(C)[C@@H]1CC[C@]2(C(=O)CC3OCCO3)CC[C@]3(C)[C@H](CC[C@@H]4[C@@]5(C)CC[C@H](OC(C)=O)C(C)(C)[C@@H]5CC[C@]43C)[C@@H]12. The van der Waals surface area contributed by atoms with E-state index in [0.717, 1.165) is 38.5 Å².